The Morgan fingerprint density at radius 1 is 0.938 bits per heavy atom. The molecule has 184 valence electrons. The molecular formula is C19H35N5O7S. The summed E-state index contributed by atoms with van der Waals surface area (Å²) < 4.78 is 0. The fourth-order valence-corrected chi connectivity index (χ4v) is 3.18. The summed E-state index contributed by atoms with van der Waals surface area (Å²) in [7, 11) is 0. The minimum atomic E-state index is -1.46. The van der Waals surface area contributed by atoms with Gasteiger partial charge in [0.05, 0.1) is 18.6 Å². The van der Waals surface area contributed by atoms with Gasteiger partial charge in [0.1, 0.15) is 18.1 Å². The average molecular weight is 478 g/mol. The maximum absolute atomic E-state index is 12.7. The summed E-state index contributed by atoms with van der Waals surface area (Å²) >= 11 is 1.43. The zero-order chi connectivity index (χ0) is 25.0. The first-order valence-corrected chi connectivity index (χ1v) is 11.5. The van der Waals surface area contributed by atoms with Gasteiger partial charge in [-0.2, -0.15) is 11.8 Å². The zero-order valence-electron chi connectivity index (χ0n) is 18.8. The van der Waals surface area contributed by atoms with E-state index in [1.54, 1.807) is 0 Å². The monoisotopic (exact) mass is 477 g/mol. The maximum atomic E-state index is 12.7. The van der Waals surface area contributed by atoms with Gasteiger partial charge in [0.15, 0.2) is 0 Å². The number of rotatable bonds is 15. The number of nitrogens with one attached hydrogen (secondary N) is 3. The Balaban J connectivity index is 5.40. The number of amides is 4. The number of thioether (sulfide) groups is 1. The summed E-state index contributed by atoms with van der Waals surface area (Å²) in [5.41, 5.74) is 10.6. The summed E-state index contributed by atoms with van der Waals surface area (Å²) in [4.78, 5) is 60.0. The van der Waals surface area contributed by atoms with Gasteiger partial charge in [-0.05, 0) is 37.7 Å². The summed E-state index contributed by atoms with van der Waals surface area (Å²) in [6.45, 7) is 4.88. The van der Waals surface area contributed by atoms with Crippen molar-refractivity contribution in [3.63, 3.8) is 0 Å². The fourth-order valence-electron chi connectivity index (χ4n) is 2.70. The van der Waals surface area contributed by atoms with Crippen molar-refractivity contribution in [1.29, 1.82) is 0 Å². The molecule has 5 atom stereocenters. The number of aliphatic carboxylic acids is 1. The first-order chi connectivity index (χ1) is 14.8. The normalized spacial score (nSPS) is 15.7. The number of carboxylic acid groups (broad SMARTS) is 1. The standard InChI is InChI=1S/C19H35N5O7S/c1-9(2)7-13(17(28)22-12(19(30)31)5-6-32-4)23-18(29)15(10(3)25)24-16(27)11(20)8-14(21)26/h9-13,15,25H,5-8,20H2,1-4H3,(H2,21,26)(H,22,28)(H,23,29)(H,24,27)(H,30,31). The molecule has 0 aliphatic heterocycles. The molecule has 9 N–H and O–H groups in total. The van der Waals surface area contributed by atoms with Crippen molar-refractivity contribution in [2.24, 2.45) is 17.4 Å². The smallest absolute Gasteiger partial charge is 0.326 e. The van der Waals surface area contributed by atoms with Crippen LogP contribution in [0.4, 0.5) is 0 Å². The van der Waals surface area contributed by atoms with Crippen LogP contribution in [-0.2, 0) is 24.0 Å². The van der Waals surface area contributed by atoms with Crippen molar-refractivity contribution in [2.45, 2.75) is 70.3 Å². The molecule has 0 spiro atoms. The van der Waals surface area contributed by atoms with Crippen LogP contribution in [0.25, 0.3) is 0 Å². The number of carbonyl (C=O) groups is 5. The molecule has 0 rings (SSSR count). The lowest BCUT2D eigenvalue weighted by Crippen LogP contribution is -2.60. The number of hydrogen-bond donors (Lipinski definition) is 7. The van der Waals surface area contributed by atoms with Crippen molar-refractivity contribution in [1.82, 2.24) is 16.0 Å². The molecule has 0 bridgehead atoms. The van der Waals surface area contributed by atoms with Gasteiger partial charge in [-0.3, -0.25) is 19.2 Å². The van der Waals surface area contributed by atoms with Crippen LogP contribution in [-0.4, -0.2) is 82.1 Å². The molecule has 0 aromatic heterocycles. The Kier molecular flexibility index (Phi) is 13.5. The van der Waals surface area contributed by atoms with Crippen LogP contribution in [0.15, 0.2) is 0 Å². The van der Waals surface area contributed by atoms with Crippen LogP contribution in [0.5, 0.6) is 0 Å². The molecule has 5 unspecified atom stereocenters. The number of nitrogens with two attached hydrogens (primary N) is 2. The first-order valence-electron chi connectivity index (χ1n) is 10.1. The third kappa shape index (κ3) is 11.3. The van der Waals surface area contributed by atoms with E-state index in [-0.39, 0.29) is 18.8 Å². The highest BCUT2D eigenvalue weighted by Gasteiger charge is 2.32. The molecule has 0 aromatic rings. The second-order valence-electron chi connectivity index (χ2n) is 7.88. The Morgan fingerprint density at radius 3 is 1.94 bits per heavy atom. The summed E-state index contributed by atoms with van der Waals surface area (Å²) in [5, 5.41) is 26.4. The molecule has 4 amide bonds. The van der Waals surface area contributed by atoms with Crippen molar-refractivity contribution in [2.75, 3.05) is 12.0 Å². The first kappa shape index (κ1) is 29.6. The SMILES string of the molecule is CSCCC(NC(=O)C(CC(C)C)NC(=O)C(NC(=O)C(N)CC(N)=O)C(C)O)C(=O)O. The van der Waals surface area contributed by atoms with Gasteiger partial charge in [-0.1, -0.05) is 13.8 Å². The molecule has 0 aliphatic carbocycles. The molecular weight excluding hydrogens is 442 g/mol. The van der Waals surface area contributed by atoms with E-state index < -0.39 is 66.3 Å². The van der Waals surface area contributed by atoms with Crippen molar-refractivity contribution in [3.8, 4) is 0 Å². The van der Waals surface area contributed by atoms with Crippen LogP contribution in [0.1, 0.15) is 40.0 Å². The molecule has 0 aromatic carbocycles. The topological polar surface area (TPSA) is 214 Å². The predicted molar refractivity (Wildman–Crippen MR) is 119 cm³/mol. The lowest BCUT2D eigenvalue weighted by atomic mass is 10.0. The van der Waals surface area contributed by atoms with Gasteiger partial charge < -0.3 is 37.6 Å². The molecule has 0 radical (unpaired) electrons. The number of primary amides is 1. The lowest BCUT2D eigenvalue weighted by Gasteiger charge is -2.27. The van der Waals surface area contributed by atoms with E-state index in [0.717, 1.165) is 0 Å². The van der Waals surface area contributed by atoms with Crippen molar-refractivity contribution >= 4 is 41.4 Å². The average Bonchev–Trinajstić information content (AvgIpc) is 2.66. The maximum Gasteiger partial charge on any atom is 0.326 e. The minimum Gasteiger partial charge on any atom is -0.480 e. The number of carboxylic acids is 1. The molecule has 0 saturated carbocycles. The van der Waals surface area contributed by atoms with Gasteiger partial charge in [0.2, 0.25) is 23.6 Å². The quantitative estimate of drug-likeness (QED) is 0.137. The molecule has 32 heavy (non-hydrogen) atoms. The highest BCUT2D eigenvalue weighted by molar-refractivity contribution is 7.98. The Bertz CT molecular complexity index is 674. The van der Waals surface area contributed by atoms with Crippen molar-refractivity contribution in [3.05, 3.63) is 0 Å². The van der Waals surface area contributed by atoms with E-state index in [2.05, 4.69) is 16.0 Å². The molecule has 0 fully saturated rings. The predicted octanol–water partition coefficient (Wildman–Crippen LogP) is -2.09. The zero-order valence-corrected chi connectivity index (χ0v) is 19.6. The lowest BCUT2D eigenvalue weighted by molar-refractivity contribution is -0.142. The van der Waals surface area contributed by atoms with Crippen molar-refractivity contribution < 1.29 is 34.2 Å². The van der Waals surface area contributed by atoms with Gasteiger partial charge >= 0.3 is 5.97 Å². The van der Waals surface area contributed by atoms with Gasteiger partial charge in [0.25, 0.3) is 0 Å². The Labute approximate surface area is 191 Å². The highest BCUT2D eigenvalue weighted by atomic mass is 32.2. The summed E-state index contributed by atoms with van der Waals surface area (Å²) in [6.07, 6.45) is 0.395. The number of aliphatic hydroxyl groups is 1. The molecule has 0 saturated heterocycles. The molecule has 0 aliphatic rings. The highest BCUT2D eigenvalue weighted by Crippen LogP contribution is 2.08. The van der Waals surface area contributed by atoms with Crippen LogP contribution in [0.2, 0.25) is 0 Å². The van der Waals surface area contributed by atoms with E-state index in [1.165, 1.54) is 18.7 Å². The molecule has 12 nitrogen and oxygen atoms in total. The third-order valence-electron chi connectivity index (χ3n) is 4.39. The van der Waals surface area contributed by atoms with Crippen LogP contribution in [0, 0.1) is 5.92 Å². The largest absolute Gasteiger partial charge is 0.480 e. The van der Waals surface area contributed by atoms with Gasteiger partial charge in [-0.15, -0.1) is 0 Å². The van der Waals surface area contributed by atoms with Gasteiger partial charge in [0, 0.05) is 0 Å². The minimum absolute atomic E-state index is 0.0379. The second-order valence-corrected chi connectivity index (χ2v) is 8.86. The Hall–Kier alpha value is -2.38. The van der Waals surface area contributed by atoms with Gasteiger partial charge in [-0.25, -0.2) is 4.79 Å². The summed E-state index contributed by atoms with van der Waals surface area (Å²) in [5.74, 6) is -3.96. The van der Waals surface area contributed by atoms with Crippen LogP contribution >= 0.6 is 11.8 Å². The molecule has 0 heterocycles. The number of carbonyl (C=O) groups excluding carboxylic acids is 4. The number of hydrogen-bond acceptors (Lipinski definition) is 8. The molecule has 13 heteroatoms. The number of aliphatic hydroxyl groups excluding tert-OH is 1. The van der Waals surface area contributed by atoms with E-state index in [1.807, 2.05) is 20.1 Å². The van der Waals surface area contributed by atoms with E-state index >= 15 is 0 Å². The fraction of sp³-hybridized carbons (Fsp3) is 0.737. The van der Waals surface area contributed by atoms with Crippen LogP contribution in [0.3, 0.4) is 0 Å². The van der Waals surface area contributed by atoms with Crippen LogP contribution < -0.4 is 27.4 Å². The second kappa shape index (κ2) is 14.6. The third-order valence-corrected chi connectivity index (χ3v) is 5.03. The van der Waals surface area contributed by atoms with E-state index in [0.29, 0.717) is 5.75 Å². The summed E-state index contributed by atoms with van der Waals surface area (Å²) in [6, 6.07) is -5.00. The Morgan fingerprint density at radius 2 is 1.50 bits per heavy atom. The van der Waals surface area contributed by atoms with E-state index in [9.17, 15) is 34.2 Å². The van der Waals surface area contributed by atoms with E-state index in [4.69, 9.17) is 11.5 Å².